The molecule has 1 aliphatic rings. The first-order chi connectivity index (χ1) is 12.4. The Kier molecular flexibility index (Phi) is 3.56. The molecule has 3 aromatic heterocycles. The predicted molar refractivity (Wildman–Crippen MR) is 101 cm³/mol. The van der Waals surface area contributed by atoms with E-state index in [-0.39, 0.29) is 0 Å². The smallest absolute Gasteiger partial charge is 0.136 e. The lowest BCUT2D eigenvalue weighted by molar-refractivity contribution is 0.203. The van der Waals surface area contributed by atoms with Crippen molar-refractivity contribution in [3.05, 3.63) is 72.3 Å². The Labute approximate surface area is 147 Å². The molecule has 1 aromatic carbocycles. The molecular formula is C21H22N4. The maximum absolute atomic E-state index is 4.42. The molecule has 5 rings (SSSR count). The minimum absolute atomic E-state index is 0.622. The average molecular weight is 330 g/mol. The Bertz CT molecular complexity index is 1000. The van der Waals surface area contributed by atoms with Crippen molar-refractivity contribution >= 4 is 16.6 Å². The highest BCUT2D eigenvalue weighted by Crippen LogP contribution is 2.30. The summed E-state index contributed by atoms with van der Waals surface area (Å²) in [4.78, 5) is 10.4. The summed E-state index contributed by atoms with van der Waals surface area (Å²) in [5.74, 6) is 0.622. The van der Waals surface area contributed by atoms with Crippen molar-refractivity contribution in [2.45, 2.75) is 25.3 Å². The number of para-hydroxylation sites is 1. The van der Waals surface area contributed by atoms with Crippen LogP contribution in [0.3, 0.4) is 0 Å². The van der Waals surface area contributed by atoms with E-state index >= 15 is 0 Å². The van der Waals surface area contributed by atoms with Crippen molar-refractivity contribution in [1.29, 1.82) is 0 Å². The molecule has 0 radical (unpaired) electrons. The number of aromatic nitrogens is 3. The van der Waals surface area contributed by atoms with Gasteiger partial charge >= 0.3 is 0 Å². The quantitative estimate of drug-likeness (QED) is 0.611. The minimum atomic E-state index is 0.622. The summed E-state index contributed by atoms with van der Waals surface area (Å²) in [5, 5.41) is 1.35. The normalized spacial score (nSPS) is 16.8. The van der Waals surface area contributed by atoms with E-state index in [2.05, 4.69) is 74.1 Å². The first-order valence-corrected chi connectivity index (χ1v) is 9.08. The van der Waals surface area contributed by atoms with Gasteiger partial charge in [-0.15, -0.1) is 0 Å². The molecule has 0 amide bonds. The molecule has 1 N–H and O–H groups in total. The van der Waals surface area contributed by atoms with Crippen LogP contribution in [-0.4, -0.2) is 32.4 Å². The molecule has 4 aromatic rings. The number of rotatable bonds is 3. The standard InChI is InChI=1S/C21H22N4/c1-2-5-19-18(4-1)17(14-23-19)15-24-11-8-16(9-12-24)20-6-3-7-21-22-10-13-25(20)21/h1-7,10,13-14,16,23H,8-9,11-12,15H2. The number of likely N-dealkylation sites (tertiary alicyclic amines) is 1. The summed E-state index contributed by atoms with van der Waals surface area (Å²) in [5.41, 5.74) is 5.10. The van der Waals surface area contributed by atoms with E-state index in [1.807, 2.05) is 6.20 Å². The van der Waals surface area contributed by atoms with Crippen LogP contribution in [-0.2, 0) is 6.54 Å². The highest BCUT2D eigenvalue weighted by atomic mass is 15.1. The molecule has 0 spiro atoms. The van der Waals surface area contributed by atoms with Crippen molar-refractivity contribution in [3.63, 3.8) is 0 Å². The monoisotopic (exact) mass is 330 g/mol. The van der Waals surface area contributed by atoms with E-state index in [1.54, 1.807) is 0 Å². The third-order valence-electron chi connectivity index (χ3n) is 5.53. The Morgan fingerprint density at radius 2 is 1.92 bits per heavy atom. The van der Waals surface area contributed by atoms with E-state index in [1.165, 1.54) is 35.0 Å². The van der Waals surface area contributed by atoms with Gasteiger partial charge in [-0.3, -0.25) is 4.90 Å². The largest absolute Gasteiger partial charge is 0.361 e. The second-order valence-electron chi connectivity index (χ2n) is 7.02. The van der Waals surface area contributed by atoms with Gasteiger partial charge in [0, 0.05) is 47.7 Å². The number of nitrogens with one attached hydrogen (secondary N) is 1. The van der Waals surface area contributed by atoms with Crippen LogP contribution in [0.25, 0.3) is 16.6 Å². The molecule has 0 saturated carbocycles. The summed E-state index contributed by atoms with van der Waals surface area (Å²) in [6.45, 7) is 3.33. The molecule has 0 atom stereocenters. The van der Waals surface area contributed by atoms with Gasteiger partial charge < -0.3 is 9.38 Å². The number of aromatic amines is 1. The average Bonchev–Trinajstić information content (AvgIpc) is 3.29. The second kappa shape index (κ2) is 6.05. The number of benzene rings is 1. The van der Waals surface area contributed by atoms with E-state index in [0.29, 0.717) is 5.92 Å². The maximum atomic E-state index is 4.42. The maximum Gasteiger partial charge on any atom is 0.136 e. The third-order valence-corrected chi connectivity index (χ3v) is 5.53. The molecule has 1 saturated heterocycles. The number of piperidine rings is 1. The van der Waals surface area contributed by atoms with Crippen LogP contribution in [0.5, 0.6) is 0 Å². The summed E-state index contributed by atoms with van der Waals surface area (Å²) in [6.07, 6.45) is 8.57. The molecule has 4 heteroatoms. The van der Waals surface area contributed by atoms with Gasteiger partial charge in [0.1, 0.15) is 5.65 Å². The Balaban J connectivity index is 1.31. The van der Waals surface area contributed by atoms with E-state index in [4.69, 9.17) is 0 Å². The number of H-pyrrole nitrogens is 1. The fraction of sp³-hybridized carbons (Fsp3) is 0.286. The molecule has 25 heavy (non-hydrogen) atoms. The Morgan fingerprint density at radius 3 is 2.84 bits per heavy atom. The molecule has 0 bridgehead atoms. The van der Waals surface area contributed by atoms with Crippen LogP contribution in [0.4, 0.5) is 0 Å². The molecule has 1 fully saturated rings. The zero-order valence-electron chi connectivity index (χ0n) is 14.2. The summed E-state index contributed by atoms with van der Waals surface area (Å²) in [7, 11) is 0. The molecule has 0 unspecified atom stereocenters. The lowest BCUT2D eigenvalue weighted by Gasteiger charge is -2.32. The SMILES string of the molecule is c1ccc2c(CN3CCC(c4cccc5nccn45)CC3)c[nH]c2c1. The number of nitrogens with zero attached hydrogens (tertiary/aromatic N) is 3. The van der Waals surface area contributed by atoms with Crippen LogP contribution < -0.4 is 0 Å². The number of imidazole rings is 1. The summed E-state index contributed by atoms with van der Waals surface area (Å²) < 4.78 is 2.25. The van der Waals surface area contributed by atoms with Crippen LogP contribution in [0.2, 0.25) is 0 Å². The molecular weight excluding hydrogens is 308 g/mol. The van der Waals surface area contributed by atoms with E-state index in [9.17, 15) is 0 Å². The number of pyridine rings is 1. The molecule has 126 valence electrons. The molecule has 4 nitrogen and oxygen atoms in total. The molecule has 1 aliphatic heterocycles. The van der Waals surface area contributed by atoms with Gasteiger partial charge in [-0.1, -0.05) is 24.3 Å². The first-order valence-electron chi connectivity index (χ1n) is 9.08. The van der Waals surface area contributed by atoms with Crippen LogP contribution in [0.15, 0.2) is 61.1 Å². The number of hydrogen-bond acceptors (Lipinski definition) is 2. The lowest BCUT2D eigenvalue weighted by atomic mass is 9.92. The van der Waals surface area contributed by atoms with Crippen LogP contribution in [0.1, 0.15) is 30.0 Å². The summed E-state index contributed by atoms with van der Waals surface area (Å²) >= 11 is 0. The van der Waals surface area contributed by atoms with Gasteiger partial charge in [-0.2, -0.15) is 0 Å². The lowest BCUT2D eigenvalue weighted by Crippen LogP contribution is -2.32. The number of hydrogen-bond donors (Lipinski definition) is 1. The van der Waals surface area contributed by atoms with Crippen molar-refractivity contribution < 1.29 is 0 Å². The van der Waals surface area contributed by atoms with Gasteiger partial charge in [0.25, 0.3) is 0 Å². The topological polar surface area (TPSA) is 36.3 Å². The molecule has 0 aliphatic carbocycles. The summed E-state index contributed by atoms with van der Waals surface area (Å²) in [6, 6.07) is 15.0. The number of fused-ring (bicyclic) bond motifs is 2. The van der Waals surface area contributed by atoms with Gasteiger partial charge in [-0.25, -0.2) is 4.98 Å². The van der Waals surface area contributed by atoms with Crippen molar-refractivity contribution in [3.8, 4) is 0 Å². The Morgan fingerprint density at radius 1 is 1.04 bits per heavy atom. The fourth-order valence-corrected chi connectivity index (χ4v) is 4.19. The van der Waals surface area contributed by atoms with E-state index < -0.39 is 0 Å². The minimum Gasteiger partial charge on any atom is -0.361 e. The van der Waals surface area contributed by atoms with E-state index in [0.717, 1.165) is 25.3 Å². The van der Waals surface area contributed by atoms with Crippen LogP contribution in [0, 0.1) is 0 Å². The highest BCUT2D eigenvalue weighted by molar-refractivity contribution is 5.82. The van der Waals surface area contributed by atoms with Crippen molar-refractivity contribution in [1.82, 2.24) is 19.3 Å². The predicted octanol–water partition coefficient (Wildman–Crippen LogP) is 4.20. The highest BCUT2D eigenvalue weighted by Gasteiger charge is 2.22. The van der Waals surface area contributed by atoms with Gasteiger partial charge in [-0.05, 0) is 49.7 Å². The first kappa shape index (κ1) is 14.7. The van der Waals surface area contributed by atoms with Gasteiger partial charge in [0.2, 0.25) is 0 Å². The molecule has 4 heterocycles. The fourth-order valence-electron chi connectivity index (χ4n) is 4.19. The Hall–Kier alpha value is -2.59. The third kappa shape index (κ3) is 2.63. The zero-order chi connectivity index (χ0) is 16.6. The van der Waals surface area contributed by atoms with Crippen molar-refractivity contribution in [2.75, 3.05) is 13.1 Å². The van der Waals surface area contributed by atoms with Crippen LogP contribution >= 0.6 is 0 Å². The van der Waals surface area contributed by atoms with Crippen molar-refractivity contribution in [2.24, 2.45) is 0 Å². The second-order valence-corrected chi connectivity index (χ2v) is 7.02. The van der Waals surface area contributed by atoms with Gasteiger partial charge in [0.15, 0.2) is 0 Å². The zero-order valence-corrected chi connectivity index (χ0v) is 14.2. The van der Waals surface area contributed by atoms with Gasteiger partial charge in [0.05, 0.1) is 0 Å².